The Morgan fingerprint density at radius 3 is 2.69 bits per heavy atom. The molecule has 0 amide bonds. The molecule has 4 nitrogen and oxygen atoms in total. The maximum absolute atomic E-state index is 9.20. The lowest BCUT2D eigenvalue weighted by atomic mass is 10.3. The predicted octanol–water partition coefficient (Wildman–Crippen LogP) is 2.27. The van der Waals surface area contributed by atoms with E-state index in [2.05, 4.69) is 12.0 Å². The molecule has 5 heteroatoms. The Bertz CT molecular complexity index is 478. The zero-order valence-electron chi connectivity index (χ0n) is 8.92. The molecule has 16 heavy (non-hydrogen) atoms. The number of phenolic OH excluding ortho intramolecular Hbond substituents is 1. The number of hydrogen-bond donors (Lipinski definition) is 2. The van der Waals surface area contributed by atoms with Crippen molar-refractivity contribution in [1.29, 1.82) is 0 Å². The second-order valence-electron chi connectivity index (χ2n) is 3.27. The van der Waals surface area contributed by atoms with E-state index in [-0.39, 0.29) is 5.75 Å². The molecule has 2 rings (SSSR count). The molecular formula is C11H13N3OS. The maximum atomic E-state index is 9.20. The average molecular weight is 235 g/mol. The third-order valence-electron chi connectivity index (χ3n) is 2.10. The molecule has 0 bridgehead atoms. The number of nitrogen functional groups attached to an aromatic ring is 1. The van der Waals surface area contributed by atoms with Crippen LogP contribution in [0.15, 0.2) is 35.4 Å². The Balaban J connectivity index is 2.36. The van der Waals surface area contributed by atoms with Gasteiger partial charge in [0.2, 0.25) is 0 Å². The van der Waals surface area contributed by atoms with Gasteiger partial charge in [-0.2, -0.15) is 5.10 Å². The van der Waals surface area contributed by atoms with Crippen molar-refractivity contribution in [2.75, 3.05) is 11.5 Å². The zero-order chi connectivity index (χ0) is 11.5. The normalized spacial score (nSPS) is 10.6. The van der Waals surface area contributed by atoms with Gasteiger partial charge in [-0.25, -0.2) is 4.68 Å². The molecule has 0 aliphatic heterocycles. The first kappa shape index (κ1) is 10.9. The fraction of sp³-hybridized carbons (Fsp3) is 0.182. The quantitative estimate of drug-likeness (QED) is 0.801. The molecule has 0 fully saturated rings. The second kappa shape index (κ2) is 4.49. The lowest BCUT2D eigenvalue weighted by molar-refractivity contribution is 0.475. The van der Waals surface area contributed by atoms with Crippen LogP contribution in [0.2, 0.25) is 0 Å². The van der Waals surface area contributed by atoms with Crippen molar-refractivity contribution < 1.29 is 5.11 Å². The summed E-state index contributed by atoms with van der Waals surface area (Å²) in [5.74, 6) is 1.80. The summed E-state index contributed by atoms with van der Waals surface area (Å²) in [6.07, 6.45) is 0. The van der Waals surface area contributed by atoms with Crippen molar-refractivity contribution in [2.24, 2.45) is 0 Å². The molecular weight excluding hydrogens is 222 g/mol. The van der Waals surface area contributed by atoms with Crippen LogP contribution in [-0.4, -0.2) is 20.6 Å². The van der Waals surface area contributed by atoms with Gasteiger partial charge in [0, 0.05) is 6.07 Å². The molecule has 1 aromatic heterocycles. The van der Waals surface area contributed by atoms with Crippen LogP contribution in [-0.2, 0) is 0 Å². The largest absolute Gasteiger partial charge is 0.508 e. The SMILES string of the molecule is CCSc1cc(N)n(-c2ccc(O)cc2)n1. The van der Waals surface area contributed by atoms with Crippen molar-refractivity contribution in [2.45, 2.75) is 11.9 Å². The molecule has 1 aromatic carbocycles. The number of aromatic hydroxyl groups is 1. The molecule has 0 aliphatic rings. The van der Waals surface area contributed by atoms with Crippen LogP contribution in [0.25, 0.3) is 5.69 Å². The predicted molar refractivity (Wildman–Crippen MR) is 66.0 cm³/mol. The Morgan fingerprint density at radius 1 is 1.38 bits per heavy atom. The van der Waals surface area contributed by atoms with Gasteiger partial charge in [-0.1, -0.05) is 6.92 Å². The molecule has 0 saturated heterocycles. The lowest BCUT2D eigenvalue weighted by Crippen LogP contribution is -2.01. The van der Waals surface area contributed by atoms with E-state index in [0.29, 0.717) is 5.82 Å². The monoisotopic (exact) mass is 235 g/mol. The number of aromatic nitrogens is 2. The number of nitrogens with zero attached hydrogens (tertiary/aromatic N) is 2. The fourth-order valence-electron chi connectivity index (χ4n) is 1.39. The molecule has 84 valence electrons. The minimum absolute atomic E-state index is 0.234. The summed E-state index contributed by atoms with van der Waals surface area (Å²) in [5, 5.41) is 14.5. The summed E-state index contributed by atoms with van der Waals surface area (Å²) < 4.78 is 1.66. The van der Waals surface area contributed by atoms with Gasteiger partial charge in [0.1, 0.15) is 16.6 Å². The van der Waals surface area contributed by atoms with E-state index in [1.807, 2.05) is 6.07 Å². The van der Waals surface area contributed by atoms with Crippen molar-refractivity contribution in [3.05, 3.63) is 30.3 Å². The Morgan fingerprint density at radius 2 is 2.06 bits per heavy atom. The number of hydrogen-bond acceptors (Lipinski definition) is 4. The van der Waals surface area contributed by atoms with Crippen LogP contribution in [0, 0.1) is 0 Å². The molecule has 0 unspecified atom stereocenters. The molecule has 1 heterocycles. The van der Waals surface area contributed by atoms with Crippen LogP contribution in [0.3, 0.4) is 0 Å². The third-order valence-corrected chi connectivity index (χ3v) is 2.88. The molecule has 3 N–H and O–H groups in total. The standard InChI is InChI=1S/C11H13N3OS/c1-2-16-11-7-10(12)14(13-11)8-3-5-9(15)6-4-8/h3-7,15H,2,12H2,1H3. The molecule has 0 aliphatic carbocycles. The summed E-state index contributed by atoms with van der Waals surface area (Å²) in [4.78, 5) is 0. The minimum Gasteiger partial charge on any atom is -0.508 e. The van der Waals surface area contributed by atoms with E-state index in [4.69, 9.17) is 5.73 Å². The summed E-state index contributed by atoms with van der Waals surface area (Å²) in [7, 11) is 0. The first-order valence-corrected chi connectivity index (χ1v) is 5.97. The highest BCUT2D eigenvalue weighted by molar-refractivity contribution is 7.99. The Kier molecular flexibility index (Phi) is 3.05. The van der Waals surface area contributed by atoms with Gasteiger partial charge < -0.3 is 10.8 Å². The van der Waals surface area contributed by atoms with Gasteiger partial charge >= 0.3 is 0 Å². The van der Waals surface area contributed by atoms with Crippen molar-refractivity contribution in [3.8, 4) is 11.4 Å². The number of rotatable bonds is 3. The number of nitrogens with two attached hydrogens (primary N) is 1. The molecule has 2 aromatic rings. The zero-order valence-corrected chi connectivity index (χ0v) is 9.74. The molecule has 0 atom stereocenters. The van der Waals surface area contributed by atoms with Gasteiger partial charge in [-0.15, -0.1) is 11.8 Å². The van der Waals surface area contributed by atoms with Gasteiger partial charge in [-0.3, -0.25) is 0 Å². The van der Waals surface area contributed by atoms with Crippen molar-refractivity contribution >= 4 is 17.6 Å². The van der Waals surface area contributed by atoms with Gasteiger partial charge in [-0.05, 0) is 30.0 Å². The number of benzene rings is 1. The topological polar surface area (TPSA) is 64.1 Å². The second-order valence-corrected chi connectivity index (χ2v) is 4.55. The van der Waals surface area contributed by atoms with Crippen LogP contribution >= 0.6 is 11.8 Å². The summed E-state index contributed by atoms with van der Waals surface area (Å²) in [5.41, 5.74) is 6.71. The maximum Gasteiger partial charge on any atom is 0.128 e. The Hall–Kier alpha value is -1.62. The number of thioether (sulfide) groups is 1. The highest BCUT2D eigenvalue weighted by Gasteiger charge is 2.06. The van der Waals surface area contributed by atoms with Crippen molar-refractivity contribution in [3.63, 3.8) is 0 Å². The van der Waals surface area contributed by atoms with Crippen LogP contribution in [0.1, 0.15) is 6.92 Å². The lowest BCUT2D eigenvalue weighted by Gasteiger charge is -2.03. The molecule has 0 saturated carbocycles. The smallest absolute Gasteiger partial charge is 0.128 e. The van der Waals surface area contributed by atoms with Crippen LogP contribution in [0.4, 0.5) is 5.82 Å². The first-order chi connectivity index (χ1) is 7.70. The highest BCUT2D eigenvalue weighted by Crippen LogP contribution is 2.22. The molecule has 0 spiro atoms. The third kappa shape index (κ3) is 2.14. The van der Waals surface area contributed by atoms with E-state index >= 15 is 0 Å². The van der Waals surface area contributed by atoms with Crippen LogP contribution in [0.5, 0.6) is 5.75 Å². The summed E-state index contributed by atoms with van der Waals surface area (Å²) >= 11 is 1.65. The van der Waals surface area contributed by atoms with Crippen LogP contribution < -0.4 is 5.73 Å². The highest BCUT2D eigenvalue weighted by atomic mass is 32.2. The molecule has 0 radical (unpaired) electrons. The number of anilines is 1. The van der Waals surface area contributed by atoms with Gasteiger partial charge in [0.15, 0.2) is 0 Å². The average Bonchev–Trinajstić information content (AvgIpc) is 2.61. The van der Waals surface area contributed by atoms with E-state index in [0.717, 1.165) is 16.5 Å². The van der Waals surface area contributed by atoms with Crippen molar-refractivity contribution in [1.82, 2.24) is 9.78 Å². The Labute approximate surface area is 98.1 Å². The van der Waals surface area contributed by atoms with E-state index < -0.39 is 0 Å². The van der Waals surface area contributed by atoms with Gasteiger partial charge in [0.05, 0.1) is 5.69 Å². The summed E-state index contributed by atoms with van der Waals surface area (Å²) in [6, 6.07) is 8.63. The summed E-state index contributed by atoms with van der Waals surface area (Å²) in [6.45, 7) is 2.07. The fourth-order valence-corrected chi connectivity index (χ4v) is 2.03. The number of phenols is 1. The first-order valence-electron chi connectivity index (χ1n) is 4.98. The van der Waals surface area contributed by atoms with E-state index in [1.54, 1.807) is 40.7 Å². The minimum atomic E-state index is 0.234. The van der Waals surface area contributed by atoms with E-state index in [1.165, 1.54) is 0 Å². The van der Waals surface area contributed by atoms with Gasteiger partial charge in [0.25, 0.3) is 0 Å². The van der Waals surface area contributed by atoms with E-state index in [9.17, 15) is 5.11 Å².